The first-order chi connectivity index (χ1) is 15.1. The Kier molecular flexibility index (Phi) is 5.98. The highest BCUT2D eigenvalue weighted by Gasteiger charge is 2.27. The molecule has 3 aromatic rings. The van der Waals surface area contributed by atoms with Crippen molar-refractivity contribution < 1.29 is 19.1 Å². The number of carbonyl (C=O) groups excluding carboxylic acids is 2. The van der Waals surface area contributed by atoms with Crippen molar-refractivity contribution in [3.05, 3.63) is 70.9 Å². The molecule has 1 aliphatic carbocycles. The molecule has 0 spiro atoms. The van der Waals surface area contributed by atoms with Crippen molar-refractivity contribution in [3.63, 3.8) is 0 Å². The summed E-state index contributed by atoms with van der Waals surface area (Å²) in [6, 6.07) is 15.3. The van der Waals surface area contributed by atoms with Crippen molar-refractivity contribution in [1.82, 2.24) is 10.3 Å². The maximum Gasteiger partial charge on any atom is 0.339 e. The van der Waals surface area contributed by atoms with E-state index < -0.39 is 5.97 Å². The van der Waals surface area contributed by atoms with Gasteiger partial charge in [-0.25, -0.2) is 9.78 Å². The van der Waals surface area contributed by atoms with E-state index in [1.807, 2.05) is 55.5 Å². The maximum absolute atomic E-state index is 13.0. The van der Waals surface area contributed by atoms with Gasteiger partial charge in [-0.05, 0) is 60.7 Å². The smallest absolute Gasteiger partial charge is 0.339 e. The number of hydrogen-bond acceptors (Lipinski definition) is 5. The number of fused-ring (bicyclic) bond motifs is 2. The molecule has 0 radical (unpaired) electrons. The first-order valence-electron chi connectivity index (χ1n) is 10.3. The lowest BCUT2D eigenvalue weighted by atomic mass is 10.0. The fraction of sp³-hybridized carbons (Fsp3) is 0.240. The summed E-state index contributed by atoms with van der Waals surface area (Å²) in [4.78, 5) is 29.6. The second kappa shape index (κ2) is 9.00. The minimum absolute atomic E-state index is 0.299. The number of nitrogens with one attached hydrogen (secondary N) is 1. The molecule has 0 aliphatic heterocycles. The Morgan fingerprint density at radius 3 is 2.61 bits per heavy atom. The van der Waals surface area contributed by atoms with Gasteiger partial charge in [0.1, 0.15) is 5.75 Å². The Labute approximate surface area is 180 Å². The van der Waals surface area contributed by atoms with Gasteiger partial charge in [-0.15, -0.1) is 0 Å². The van der Waals surface area contributed by atoms with Gasteiger partial charge >= 0.3 is 5.97 Å². The maximum atomic E-state index is 13.0. The number of nitrogens with zero attached hydrogens (tertiary/aromatic N) is 1. The number of hydrogen-bond donors (Lipinski definition) is 1. The van der Waals surface area contributed by atoms with Gasteiger partial charge < -0.3 is 14.8 Å². The van der Waals surface area contributed by atoms with E-state index in [1.54, 1.807) is 7.11 Å². The molecule has 4 rings (SSSR count). The number of ether oxygens (including phenoxy) is 2. The molecule has 0 bridgehead atoms. The Bertz CT molecular complexity index is 1170. The van der Waals surface area contributed by atoms with E-state index in [2.05, 4.69) is 11.4 Å². The number of esters is 1. The number of rotatable bonds is 6. The second-order valence-electron chi connectivity index (χ2n) is 7.30. The van der Waals surface area contributed by atoms with Gasteiger partial charge in [-0.1, -0.05) is 30.3 Å². The molecular weight excluding hydrogens is 392 g/mol. The fourth-order valence-corrected chi connectivity index (χ4v) is 3.86. The van der Waals surface area contributed by atoms with Crippen LogP contribution in [0, 0.1) is 0 Å². The Morgan fingerprint density at radius 2 is 1.87 bits per heavy atom. The lowest BCUT2D eigenvalue weighted by Gasteiger charge is -2.12. The van der Waals surface area contributed by atoms with E-state index in [0.29, 0.717) is 18.5 Å². The van der Waals surface area contributed by atoms with Crippen LogP contribution in [0.15, 0.2) is 48.5 Å². The number of benzene rings is 2. The Hall–Kier alpha value is -3.67. The number of aromatic nitrogens is 1. The SMILES string of the molecule is CCNC(=O)COC(=O)c1c2c(nc3ccccc13)/C(=C\c1ccc(OC)cc1)CC2. The van der Waals surface area contributed by atoms with E-state index in [9.17, 15) is 9.59 Å². The van der Waals surface area contributed by atoms with Crippen molar-refractivity contribution in [2.24, 2.45) is 0 Å². The molecular formula is C25H24N2O4. The van der Waals surface area contributed by atoms with E-state index >= 15 is 0 Å². The van der Waals surface area contributed by atoms with Crippen molar-refractivity contribution in [2.75, 3.05) is 20.3 Å². The van der Waals surface area contributed by atoms with Gasteiger partial charge in [-0.3, -0.25) is 4.79 Å². The van der Waals surface area contributed by atoms with Crippen LogP contribution in [0.5, 0.6) is 5.75 Å². The van der Waals surface area contributed by atoms with Crippen LogP contribution in [0.25, 0.3) is 22.6 Å². The molecule has 1 aliphatic rings. The molecule has 0 saturated carbocycles. The Balaban J connectivity index is 1.73. The van der Waals surface area contributed by atoms with Crippen LogP contribution < -0.4 is 10.1 Å². The quantitative estimate of drug-likeness (QED) is 0.614. The average molecular weight is 416 g/mol. The molecule has 31 heavy (non-hydrogen) atoms. The van der Waals surface area contributed by atoms with Crippen molar-refractivity contribution >= 4 is 34.4 Å². The molecule has 0 unspecified atom stereocenters. The molecule has 2 aromatic carbocycles. The van der Waals surface area contributed by atoms with Crippen LogP contribution in [-0.2, 0) is 16.0 Å². The lowest BCUT2D eigenvalue weighted by molar-refractivity contribution is -0.124. The van der Waals surface area contributed by atoms with Gasteiger partial charge in [-0.2, -0.15) is 0 Å². The van der Waals surface area contributed by atoms with Crippen molar-refractivity contribution in [3.8, 4) is 5.75 Å². The summed E-state index contributed by atoms with van der Waals surface area (Å²) in [5, 5.41) is 3.38. The molecule has 0 atom stereocenters. The lowest BCUT2D eigenvalue weighted by Crippen LogP contribution is -2.28. The summed E-state index contributed by atoms with van der Waals surface area (Å²) in [6.07, 6.45) is 3.57. The van der Waals surface area contributed by atoms with Crippen molar-refractivity contribution in [2.45, 2.75) is 19.8 Å². The fourth-order valence-electron chi connectivity index (χ4n) is 3.86. The second-order valence-corrected chi connectivity index (χ2v) is 7.30. The van der Waals surface area contributed by atoms with E-state index in [0.717, 1.165) is 45.5 Å². The topological polar surface area (TPSA) is 77.5 Å². The van der Waals surface area contributed by atoms with Crippen LogP contribution in [0.1, 0.15) is 40.5 Å². The largest absolute Gasteiger partial charge is 0.497 e. The van der Waals surface area contributed by atoms with Crippen LogP contribution in [0.3, 0.4) is 0 Å². The monoisotopic (exact) mass is 416 g/mol. The molecule has 1 N–H and O–H groups in total. The number of allylic oxidation sites excluding steroid dienone is 1. The highest BCUT2D eigenvalue weighted by molar-refractivity contribution is 6.07. The number of likely N-dealkylation sites (N-methyl/N-ethyl adjacent to an activating group) is 1. The van der Waals surface area contributed by atoms with Gasteiger partial charge in [0.25, 0.3) is 5.91 Å². The van der Waals surface area contributed by atoms with Crippen LogP contribution >= 0.6 is 0 Å². The van der Waals surface area contributed by atoms with Crippen molar-refractivity contribution in [1.29, 1.82) is 0 Å². The summed E-state index contributed by atoms with van der Waals surface area (Å²) < 4.78 is 10.6. The molecule has 158 valence electrons. The number of pyridine rings is 1. The van der Waals surface area contributed by atoms with Gasteiger partial charge in [0.2, 0.25) is 0 Å². The zero-order valence-corrected chi connectivity index (χ0v) is 17.6. The Morgan fingerprint density at radius 1 is 1.10 bits per heavy atom. The standard InChI is InChI=1S/C25H24N2O4/c1-3-26-22(28)15-31-25(29)23-19-6-4-5-7-21(19)27-24-17(10-13-20(23)24)14-16-8-11-18(30-2)12-9-16/h4-9,11-12,14H,3,10,13,15H2,1-2H3,(H,26,28)/b17-14-. The predicted molar refractivity (Wildman–Crippen MR) is 120 cm³/mol. The molecule has 1 aromatic heterocycles. The minimum atomic E-state index is -0.494. The first kappa shape index (κ1) is 20.6. The molecule has 6 heteroatoms. The van der Waals surface area contributed by atoms with Gasteiger partial charge in [0.15, 0.2) is 6.61 Å². The number of para-hydroxylation sites is 1. The molecule has 1 heterocycles. The third kappa shape index (κ3) is 4.28. The van der Waals surface area contributed by atoms with E-state index in [-0.39, 0.29) is 12.5 Å². The van der Waals surface area contributed by atoms with Crippen LogP contribution in [0.2, 0.25) is 0 Å². The van der Waals surface area contributed by atoms with Gasteiger partial charge in [0, 0.05) is 11.9 Å². The third-order valence-electron chi connectivity index (χ3n) is 5.31. The summed E-state index contributed by atoms with van der Waals surface area (Å²) in [5.41, 5.74) is 5.04. The van der Waals surface area contributed by atoms with Crippen LogP contribution in [-0.4, -0.2) is 37.1 Å². The highest BCUT2D eigenvalue weighted by Crippen LogP contribution is 2.37. The highest BCUT2D eigenvalue weighted by atomic mass is 16.5. The number of amides is 1. The summed E-state index contributed by atoms with van der Waals surface area (Å²) in [6.45, 7) is 2.01. The van der Waals surface area contributed by atoms with Gasteiger partial charge in [0.05, 0.1) is 23.9 Å². The molecule has 0 fully saturated rings. The molecule has 1 amide bonds. The number of carbonyl (C=O) groups is 2. The summed E-state index contributed by atoms with van der Waals surface area (Å²) in [7, 11) is 1.64. The van der Waals surface area contributed by atoms with Crippen LogP contribution in [0.4, 0.5) is 0 Å². The summed E-state index contributed by atoms with van der Waals surface area (Å²) >= 11 is 0. The predicted octanol–water partition coefficient (Wildman–Crippen LogP) is 4.02. The summed E-state index contributed by atoms with van der Waals surface area (Å²) in [5.74, 6) is -0.00650. The molecule has 6 nitrogen and oxygen atoms in total. The molecule has 0 saturated heterocycles. The average Bonchev–Trinajstić information content (AvgIpc) is 3.18. The zero-order valence-electron chi connectivity index (χ0n) is 17.6. The normalized spacial score (nSPS) is 13.8. The minimum Gasteiger partial charge on any atom is -0.497 e. The van der Waals surface area contributed by atoms with E-state index in [1.165, 1.54) is 0 Å². The van der Waals surface area contributed by atoms with E-state index in [4.69, 9.17) is 14.5 Å². The number of methoxy groups -OCH3 is 1. The zero-order chi connectivity index (χ0) is 21.8. The third-order valence-corrected chi connectivity index (χ3v) is 5.31. The first-order valence-corrected chi connectivity index (χ1v) is 10.3.